The SMILES string of the molecule is Nc1ccc(OCc2ccc(Br)cc2F)c(C(F)(F)F)c1. The largest absolute Gasteiger partial charge is 0.488 e. The second-order valence-electron chi connectivity index (χ2n) is 4.28. The molecule has 0 saturated heterocycles. The summed E-state index contributed by atoms with van der Waals surface area (Å²) in [6, 6.07) is 7.43. The molecule has 0 aromatic heterocycles. The smallest absolute Gasteiger partial charge is 0.420 e. The second-order valence-corrected chi connectivity index (χ2v) is 5.19. The van der Waals surface area contributed by atoms with Gasteiger partial charge in [0.2, 0.25) is 0 Å². The molecule has 0 amide bonds. The lowest BCUT2D eigenvalue weighted by atomic mass is 10.1. The average molecular weight is 364 g/mol. The van der Waals surface area contributed by atoms with Gasteiger partial charge in [0.1, 0.15) is 18.2 Å². The number of nitrogen functional groups attached to an aromatic ring is 1. The molecule has 0 spiro atoms. The van der Waals surface area contributed by atoms with Crippen LogP contribution in [0.25, 0.3) is 0 Å². The van der Waals surface area contributed by atoms with Crippen LogP contribution in [0.5, 0.6) is 5.75 Å². The predicted molar refractivity (Wildman–Crippen MR) is 74.3 cm³/mol. The van der Waals surface area contributed by atoms with Crippen molar-refractivity contribution in [1.82, 2.24) is 0 Å². The third kappa shape index (κ3) is 3.87. The third-order valence-electron chi connectivity index (χ3n) is 2.71. The van der Waals surface area contributed by atoms with E-state index in [4.69, 9.17) is 10.5 Å². The van der Waals surface area contributed by atoms with Crippen LogP contribution in [0.15, 0.2) is 40.9 Å². The summed E-state index contributed by atoms with van der Waals surface area (Å²) >= 11 is 3.09. The van der Waals surface area contributed by atoms with Gasteiger partial charge in [-0.1, -0.05) is 22.0 Å². The van der Waals surface area contributed by atoms with Gasteiger partial charge in [0, 0.05) is 15.7 Å². The number of ether oxygens (including phenoxy) is 1. The molecule has 2 N–H and O–H groups in total. The summed E-state index contributed by atoms with van der Waals surface area (Å²) in [5, 5.41) is 0. The van der Waals surface area contributed by atoms with Gasteiger partial charge in [-0.05, 0) is 30.3 Å². The normalized spacial score (nSPS) is 11.5. The molecule has 2 aromatic carbocycles. The molecule has 0 bridgehead atoms. The fourth-order valence-corrected chi connectivity index (χ4v) is 2.02. The first kappa shape index (κ1) is 15.6. The lowest BCUT2D eigenvalue weighted by Crippen LogP contribution is -2.10. The van der Waals surface area contributed by atoms with E-state index >= 15 is 0 Å². The zero-order valence-electron chi connectivity index (χ0n) is 10.5. The van der Waals surface area contributed by atoms with Gasteiger partial charge in [0.25, 0.3) is 0 Å². The van der Waals surface area contributed by atoms with Crippen molar-refractivity contribution in [2.75, 3.05) is 5.73 Å². The lowest BCUT2D eigenvalue weighted by Gasteiger charge is -2.15. The van der Waals surface area contributed by atoms with Gasteiger partial charge >= 0.3 is 6.18 Å². The molecule has 0 atom stereocenters. The van der Waals surface area contributed by atoms with Crippen molar-refractivity contribution in [3.63, 3.8) is 0 Å². The molecule has 0 aliphatic carbocycles. The standard InChI is InChI=1S/C14H10BrF4NO/c15-9-2-1-8(12(16)5-9)7-21-13-4-3-10(20)6-11(13)14(17,18)19/h1-6H,7,20H2. The van der Waals surface area contributed by atoms with Gasteiger partial charge in [0.15, 0.2) is 0 Å². The summed E-state index contributed by atoms with van der Waals surface area (Å²) in [4.78, 5) is 0. The fourth-order valence-electron chi connectivity index (χ4n) is 1.69. The first-order valence-electron chi connectivity index (χ1n) is 5.81. The van der Waals surface area contributed by atoms with Gasteiger partial charge in [-0.2, -0.15) is 13.2 Å². The highest BCUT2D eigenvalue weighted by atomic mass is 79.9. The molecule has 2 nitrogen and oxygen atoms in total. The van der Waals surface area contributed by atoms with Crippen LogP contribution < -0.4 is 10.5 Å². The molecular formula is C14H10BrF4NO. The van der Waals surface area contributed by atoms with Crippen LogP contribution in [0.2, 0.25) is 0 Å². The maximum atomic E-state index is 13.6. The van der Waals surface area contributed by atoms with E-state index in [1.165, 1.54) is 18.2 Å². The summed E-state index contributed by atoms with van der Waals surface area (Å²) in [5.41, 5.74) is 4.50. The Hall–Kier alpha value is -1.76. The van der Waals surface area contributed by atoms with E-state index in [0.29, 0.717) is 4.47 Å². The monoisotopic (exact) mass is 363 g/mol. The molecule has 7 heteroatoms. The molecule has 0 aliphatic rings. The third-order valence-corrected chi connectivity index (χ3v) is 3.20. The van der Waals surface area contributed by atoms with Crippen molar-refractivity contribution in [1.29, 1.82) is 0 Å². The zero-order valence-corrected chi connectivity index (χ0v) is 12.1. The highest BCUT2D eigenvalue weighted by Crippen LogP contribution is 2.37. The van der Waals surface area contributed by atoms with Crippen molar-refractivity contribution in [2.24, 2.45) is 0 Å². The van der Waals surface area contributed by atoms with Gasteiger partial charge < -0.3 is 10.5 Å². The highest BCUT2D eigenvalue weighted by Gasteiger charge is 2.34. The van der Waals surface area contributed by atoms with Crippen LogP contribution >= 0.6 is 15.9 Å². The van der Waals surface area contributed by atoms with E-state index in [9.17, 15) is 17.6 Å². The van der Waals surface area contributed by atoms with Gasteiger partial charge in [0.05, 0.1) is 5.56 Å². The van der Waals surface area contributed by atoms with Crippen LogP contribution in [0.3, 0.4) is 0 Å². The van der Waals surface area contributed by atoms with E-state index in [1.807, 2.05) is 0 Å². The van der Waals surface area contributed by atoms with Crippen molar-refractivity contribution < 1.29 is 22.3 Å². The fraction of sp³-hybridized carbons (Fsp3) is 0.143. The molecule has 0 saturated carbocycles. The number of hydrogen-bond donors (Lipinski definition) is 1. The molecule has 0 radical (unpaired) electrons. The first-order valence-corrected chi connectivity index (χ1v) is 6.60. The molecule has 0 aliphatic heterocycles. The van der Waals surface area contributed by atoms with Gasteiger partial charge in [-0.3, -0.25) is 0 Å². The number of halogens is 5. The number of hydrogen-bond acceptors (Lipinski definition) is 2. The number of anilines is 1. The Balaban J connectivity index is 2.24. The molecule has 112 valence electrons. The van der Waals surface area contributed by atoms with Crippen molar-refractivity contribution in [3.8, 4) is 5.75 Å². The van der Waals surface area contributed by atoms with Gasteiger partial charge in [-0.15, -0.1) is 0 Å². The Labute approximate surface area is 126 Å². The number of benzene rings is 2. The molecule has 21 heavy (non-hydrogen) atoms. The van der Waals surface area contributed by atoms with Crippen LogP contribution in [0.1, 0.15) is 11.1 Å². The van der Waals surface area contributed by atoms with E-state index in [-0.39, 0.29) is 23.6 Å². The Morgan fingerprint density at radius 1 is 1.10 bits per heavy atom. The molecule has 0 unspecified atom stereocenters. The second kappa shape index (κ2) is 5.93. The van der Waals surface area contributed by atoms with Crippen LogP contribution in [0.4, 0.5) is 23.2 Å². The Bertz CT molecular complexity index is 658. The Morgan fingerprint density at radius 3 is 2.43 bits per heavy atom. The topological polar surface area (TPSA) is 35.2 Å². The Morgan fingerprint density at radius 2 is 1.81 bits per heavy atom. The first-order chi connectivity index (χ1) is 9.77. The maximum absolute atomic E-state index is 13.6. The predicted octanol–water partition coefficient (Wildman–Crippen LogP) is 4.77. The minimum atomic E-state index is -4.59. The van der Waals surface area contributed by atoms with Crippen molar-refractivity contribution in [3.05, 3.63) is 57.8 Å². The maximum Gasteiger partial charge on any atom is 0.420 e. The quantitative estimate of drug-likeness (QED) is 0.629. The van der Waals surface area contributed by atoms with Crippen molar-refractivity contribution in [2.45, 2.75) is 12.8 Å². The number of nitrogens with two attached hydrogens (primary N) is 1. The van der Waals surface area contributed by atoms with Gasteiger partial charge in [-0.25, -0.2) is 4.39 Å². The molecule has 2 aromatic rings. The summed E-state index contributed by atoms with van der Waals surface area (Å²) in [7, 11) is 0. The molecular weight excluding hydrogens is 354 g/mol. The average Bonchev–Trinajstić information content (AvgIpc) is 2.38. The molecule has 0 fully saturated rings. The van der Waals surface area contributed by atoms with E-state index in [2.05, 4.69) is 15.9 Å². The van der Waals surface area contributed by atoms with E-state index in [1.54, 1.807) is 6.07 Å². The minimum absolute atomic E-state index is 0.0236. The molecule has 0 heterocycles. The van der Waals surface area contributed by atoms with Crippen LogP contribution in [-0.4, -0.2) is 0 Å². The lowest BCUT2D eigenvalue weighted by molar-refractivity contribution is -0.139. The minimum Gasteiger partial charge on any atom is -0.488 e. The van der Waals surface area contributed by atoms with E-state index < -0.39 is 17.6 Å². The van der Waals surface area contributed by atoms with Crippen LogP contribution in [-0.2, 0) is 12.8 Å². The zero-order chi connectivity index (χ0) is 15.6. The molecule has 2 rings (SSSR count). The summed E-state index contributed by atoms with van der Waals surface area (Å²) < 4.78 is 57.8. The summed E-state index contributed by atoms with van der Waals surface area (Å²) in [5.74, 6) is -0.951. The highest BCUT2D eigenvalue weighted by molar-refractivity contribution is 9.10. The van der Waals surface area contributed by atoms with E-state index in [0.717, 1.165) is 12.1 Å². The number of alkyl halides is 3. The Kier molecular flexibility index (Phi) is 4.41. The summed E-state index contributed by atoms with van der Waals surface area (Å²) in [6.45, 7) is -0.313. The van der Waals surface area contributed by atoms with Crippen LogP contribution in [0, 0.1) is 5.82 Å². The summed E-state index contributed by atoms with van der Waals surface area (Å²) in [6.07, 6.45) is -4.59. The van der Waals surface area contributed by atoms with Crippen molar-refractivity contribution >= 4 is 21.6 Å². The number of rotatable bonds is 3.